The van der Waals surface area contributed by atoms with Gasteiger partial charge >= 0.3 is 0 Å². The minimum absolute atomic E-state index is 0.295. The highest BCUT2D eigenvalue weighted by atomic mass is 16.3. The molecule has 0 radical (unpaired) electrons. The number of aryl methyl sites for hydroxylation is 4. The normalized spacial score (nSPS) is 10.8. The number of phenolic OH excluding ortho intramolecular Hbond substituents is 1. The Morgan fingerprint density at radius 1 is 0.741 bits per heavy atom. The summed E-state index contributed by atoms with van der Waals surface area (Å²) >= 11 is 0. The number of rotatable bonds is 5. The van der Waals surface area contributed by atoms with Crippen LogP contribution in [0.4, 0.5) is 11.4 Å². The molecule has 27 heavy (non-hydrogen) atoms. The molecule has 0 bridgehead atoms. The Kier molecular flexibility index (Phi) is 5.41. The summed E-state index contributed by atoms with van der Waals surface area (Å²) in [6.45, 7) is 9.17. The topological polar surface area (TPSA) is 58.3 Å². The van der Waals surface area contributed by atoms with Crippen molar-refractivity contribution in [2.75, 3.05) is 11.1 Å². The number of nitrogen functional groups attached to an aromatic ring is 1. The Morgan fingerprint density at radius 3 is 1.74 bits per heavy atom. The molecule has 0 aromatic heterocycles. The highest BCUT2D eigenvalue weighted by Gasteiger charge is 2.08. The third-order valence-corrected chi connectivity index (χ3v) is 5.06. The van der Waals surface area contributed by atoms with Crippen molar-refractivity contribution < 1.29 is 5.11 Å². The molecule has 0 saturated heterocycles. The van der Waals surface area contributed by atoms with E-state index in [0.717, 1.165) is 35.3 Å². The van der Waals surface area contributed by atoms with Crippen molar-refractivity contribution in [3.05, 3.63) is 87.5 Å². The van der Waals surface area contributed by atoms with Gasteiger partial charge in [0.1, 0.15) is 5.75 Å². The van der Waals surface area contributed by atoms with E-state index >= 15 is 0 Å². The average molecular weight is 361 g/mol. The molecule has 0 heterocycles. The van der Waals surface area contributed by atoms with E-state index in [1.165, 1.54) is 27.9 Å². The molecular weight excluding hydrogens is 332 g/mol. The number of benzene rings is 3. The summed E-state index contributed by atoms with van der Waals surface area (Å²) in [7, 11) is 0. The van der Waals surface area contributed by atoms with Crippen LogP contribution in [0.25, 0.3) is 0 Å². The van der Waals surface area contributed by atoms with Crippen molar-refractivity contribution in [3.8, 4) is 5.75 Å². The first-order valence-electron chi connectivity index (χ1n) is 9.31. The van der Waals surface area contributed by atoms with E-state index in [1.807, 2.05) is 12.1 Å². The molecule has 0 atom stereocenters. The molecule has 0 aliphatic heterocycles. The average Bonchev–Trinajstić information content (AvgIpc) is 2.60. The van der Waals surface area contributed by atoms with Crippen LogP contribution in [0.3, 0.4) is 0 Å². The minimum atomic E-state index is 0.295. The fourth-order valence-electron chi connectivity index (χ4n) is 3.64. The van der Waals surface area contributed by atoms with Gasteiger partial charge in [0.15, 0.2) is 0 Å². The molecule has 0 saturated carbocycles. The van der Waals surface area contributed by atoms with E-state index in [0.29, 0.717) is 5.75 Å². The molecule has 0 fully saturated rings. The van der Waals surface area contributed by atoms with Gasteiger partial charge in [-0.3, -0.25) is 0 Å². The Labute approximate surface area is 161 Å². The predicted octanol–water partition coefficient (Wildman–Crippen LogP) is 5.41. The summed E-state index contributed by atoms with van der Waals surface area (Å²) in [6, 6.07) is 16.2. The quantitative estimate of drug-likeness (QED) is 0.533. The highest BCUT2D eigenvalue weighted by Crippen LogP contribution is 2.26. The van der Waals surface area contributed by atoms with Crippen LogP contribution < -0.4 is 11.1 Å². The van der Waals surface area contributed by atoms with Gasteiger partial charge in [0.25, 0.3) is 0 Å². The SMILES string of the molecule is Cc1cc(Cc2cc(C)c(NCc3ccc(O)cc3)c(C)c2)cc(C)c1N. The molecule has 3 aromatic rings. The standard InChI is InChI=1S/C24H28N2O/c1-15-9-20(10-16(2)23(15)25)13-21-11-17(3)24(18(4)12-21)26-14-19-5-7-22(27)8-6-19/h5-12,26-27H,13-14,25H2,1-4H3. The molecule has 0 aliphatic carbocycles. The summed E-state index contributed by atoms with van der Waals surface area (Å²) in [5.74, 6) is 0.295. The molecule has 0 spiro atoms. The summed E-state index contributed by atoms with van der Waals surface area (Å²) in [6.07, 6.45) is 0.905. The fourth-order valence-corrected chi connectivity index (χ4v) is 3.64. The molecule has 4 N–H and O–H groups in total. The maximum Gasteiger partial charge on any atom is 0.115 e. The van der Waals surface area contributed by atoms with Gasteiger partial charge in [-0.2, -0.15) is 0 Å². The van der Waals surface area contributed by atoms with Crippen LogP contribution in [0.1, 0.15) is 38.9 Å². The van der Waals surface area contributed by atoms with Crippen molar-refractivity contribution in [1.82, 2.24) is 0 Å². The van der Waals surface area contributed by atoms with Crippen molar-refractivity contribution in [3.63, 3.8) is 0 Å². The lowest BCUT2D eigenvalue weighted by atomic mass is 9.96. The predicted molar refractivity (Wildman–Crippen MR) is 114 cm³/mol. The zero-order valence-electron chi connectivity index (χ0n) is 16.6. The molecule has 3 aromatic carbocycles. The van der Waals surface area contributed by atoms with Crippen molar-refractivity contribution in [1.29, 1.82) is 0 Å². The second-order valence-corrected chi connectivity index (χ2v) is 7.44. The summed E-state index contributed by atoms with van der Waals surface area (Å²) in [4.78, 5) is 0. The Hall–Kier alpha value is -2.94. The van der Waals surface area contributed by atoms with E-state index in [4.69, 9.17) is 5.73 Å². The van der Waals surface area contributed by atoms with Crippen LogP contribution in [0.2, 0.25) is 0 Å². The van der Waals surface area contributed by atoms with Crippen LogP contribution in [-0.2, 0) is 13.0 Å². The van der Waals surface area contributed by atoms with E-state index in [2.05, 4.69) is 57.3 Å². The molecule has 0 unspecified atom stereocenters. The third kappa shape index (κ3) is 4.43. The van der Waals surface area contributed by atoms with Gasteiger partial charge in [0, 0.05) is 17.9 Å². The smallest absolute Gasteiger partial charge is 0.115 e. The van der Waals surface area contributed by atoms with Crippen LogP contribution >= 0.6 is 0 Å². The number of nitrogens with two attached hydrogens (primary N) is 1. The zero-order valence-corrected chi connectivity index (χ0v) is 16.6. The molecule has 140 valence electrons. The van der Waals surface area contributed by atoms with Gasteiger partial charge < -0.3 is 16.2 Å². The Morgan fingerprint density at radius 2 is 1.22 bits per heavy atom. The van der Waals surface area contributed by atoms with E-state index in [-0.39, 0.29) is 0 Å². The second-order valence-electron chi connectivity index (χ2n) is 7.44. The zero-order chi connectivity index (χ0) is 19.6. The number of phenols is 1. The maximum atomic E-state index is 9.40. The molecule has 3 nitrogen and oxygen atoms in total. The van der Waals surface area contributed by atoms with Gasteiger partial charge in [0.05, 0.1) is 0 Å². The summed E-state index contributed by atoms with van der Waals surface area (Å²) in [5, 5.41) is 12.9. The highest BCUT2D eigenvalue weighted by molar-refractivity contribution is 5.60. The number of nitrogens with one attached hydrogen (secondary N) is 1. The van der Waals surface area contributed by atoms with E-state index < -0.39 is 0 Å². The van der Waals surface area contributed by atoms with E-state index in [9.17, 15) is 5.11 Å². The molecule has 0 aliphatic rings. The van der Waals surface area contributed by atoms with Crippen molar-refractivity contribution in [2.24, 2.45) is 0 Å². The van der Waals surface area contributed by atoms with Gasteiger partial charge in [-0.15, -0.1) is 0 Å². The maximum absolute atomic E-state index is 9.40. The molecular formula is C24H28N2O. The van der Waals surface area contributed by atoms with Crippen molar-refractivity contribution in [2.45, 2.75) is 40.7 Å². The Bertz CT molecular complexity index is 913. The van der Waals surface area contributed by atoms with Crippen LogP contribution in [0, 0.1) is 27.7 Å². The first kappa shape index (κ1) is 18.8. The summed E-state index contributed by atoms with van der Waals surface area (Å²) < 4.78 is 0. The number of hydrogen-bond acceptors (Lipinski definition) is 3. The van der Waals surface area contributed by atoms with Gasteiger partial charge in [-0.1, -0.05) is 36.4 Å². The molecule has 3 rings (SSSR count). The molecule has 3 heteroatoms. The lowest BCUT2D eigenvalue weighted by Crippen LogP contribution is -2.04. The van der Waals surface area contributed by atoms with Gasteiger partial charge in [-0.25, -0.2) is 0 Å². The largest absolute Gasteiger partial charge is 0.508 e. The number of aromatic hydroxyl groups is 1. The van der Waals surface area contributed by atoms with E-state index in [1.54, 1.807) is 12.1 Å². The van der Waals surface area contributed by atoms with Crippen LogP contribution in [-0.4, -0.2) is 5.11 Å². The van der Waals surface area contributed by atoms with Crippen LogP contribution in [0.5, 0.6) is 5.75 Å². The summed E-state index contributed by atoms with van der Waals surface area (Å²) in [5.41, 5.74) is 16.7. The minimum Gasteiger partial charge on any atom is -0.508 e. The lowest BCUT2D eigenvalue weighted by molar-refractivity contribution is 0.475. The number of anilines is 2. The Balaban J connectivity index is 1.77. The second kappa shape index (κ2) is 7.75. The van der Waals surface area contributed by atoms with Crippen LogP contribution in [0.15, 0.2) is 48.5 Å². The fraction of sp³-hybridized carbons (Fsp3) is 0.250. The van der Waals surface area contributed by atoms with Gasteiger partial charge in [0.2, 0.25) is 0 Å². The molecule has 0 amide bonds. The third-order valence-electron chi connectivity index (χ3n) is 5.06. The number of hydrogen-bond donors (Lipinski definition) is 3. The first-order chi connectivity index (χ1) is 12.8. The first-order valence-corrected chi connectivity index (χ1v) is 9.31. The lowest BCUT2D eigenvalue weighted by Gasteiger charge is -2.16. The monoisotopic (exact) mass is 360 g/mol. The van der Waals surface area contributed by atoms with Crippen molar-refractivity contribution >= 4 is 11.4 Å². The van der Waals surface area contributed by atoms with Gasteiger partial charge in [-0.05, 0) is 85.2 Å².